The van der Waals surface area contributed by atoms with E-state index in [2.05, 4.69) is 38.1 Å². The Morgan fingerprint density at radius 2 is 2.25 bits per heavy atom. The number of piperidine rings is 1. The predicted octanol–water partition coefficient (Wildman–Crippen LogP) is 2.96. The molecule has 20 heavy (non-hydrogen) atoms. The van der Waals surface area contributed by atoms with Crippen LogP contribution >= 0.6 is 27.5 Å². The van der Waals surface area contributed by atoms with Gasteiger partial charge in [-0.2, -0.15) is 0 Å². The van der Waals surface area contributed by atoms with Gasteiger partial charge in [0.15, 0.2) is 0 Å². The Labute approximate surface area is 133 Å². The lowest BCUT2D eigenvalue weighted by molar-refractivity contribution is 0.0944. The number of aromatic nitrogens is 1. The second kappa shape index (κ2) is 7.38. The smallest absolute Gasteiger partial charge is 0.254 e. The summed E-state index contributed by atoms with van der Waals surface area (Å²) in [7, 11) is 0. The molecule has 1 fully saturated rings. The number of halogens is 2. The van der Waals surface area contributed by atoms with Crippen LogP contribution in [0, 0.1) is 5.92 Å². The quantitative estimate of drug-likeness (QED) is 0.840. The number of hydrogen-bond acceptors (Lipinski definition) is 3. The van der Waals surface area contributed by atoms with Crippen molar-refractivity contribution in [2.24, 2.45) is 5.92 Å². The molecule has 0 aliphatic carbocycles. The molecule has 1 aromatic rings. The molecule has 1 aliphatic heterocycles. The van der Waals surface area contributed by atoms with E-state index in [0.29, 0.717) is 12.1 Å². The summed E-state index contributed by atoms with van der Waals surface area (Å²) in [5, 5.41) is 3.13. The molecule has 6 heteroatoms. The summed E-state index contributed by atoms with van der Waals surface area (Å²) in [6.45, 7) is 6.06. The van der Waals surface area contributed by atoms with Crippen molar-refractivity contribution in [2.75, 3.05) is 26.2 Å². The first-order valence-corrected chi connectivity index (χ1v) is 8.05. The highest BCUT2D eigenvalue weighted by molar-refractivity contribution is 9.10. The summed E-state index contributed by atoms with van der Waals surface area (Å²) in [4.78, 5) is 18.4. The number of nitrogens with zero attached hydrogens (tertiary/aromatic N) is 2. The number of likely N-dealkylation sites (tertiary alicyclic amines) is 1. The van der Waals surface area contributed by atoms with Crippen molar-refractivity contribution in [2.45, 2.75) is 19.8 Å². The maximum Gasteiger partial charge on any atom is 0.254 e. The van der Waals surface area contributed by atoms with Gasteiger partial charge in [0.1, 0.15) is 5.15 Å². The molecule has 1 saturated heterocycles. The van der Waals surface area contributed by atoms with Gasteiger partial charge < -0.3 is 10.2 Å². The molecule has 0 atom stereocenters. The summed E-state index contributed by atoms with van der Waals surface area (Å²) in [5.74, 6) is 0.654. The van der Waals surface area contributed by atoms with E-state index in [1.807, 2.05) is 0 Å². The fraction of sp³-hybridized carbons (Fsp3) is 0.571. The molecule has 1 aromatic heterocycles. The van der Waals surface area contributed by atoms with Gasteiger partial charge in [-0.25, -0.2) is 4.98 Å². The van der Waals surface area contributed by atoms with Crippen LogP contribution in [0.1, 0.15) is 30.1 Å². The van der Waals surface area contributed by atoms with Crippen LogP contribution in [-0.4, -0.2) is 42.0 Å². The van der Waals surface area contributed by atoms with E-state index in [1.54, 1.807) is 12.3 Å². The molecule has 4 nitrogen and oxygen atoms in total. The van der Waals surface area contributed by atoms with Crippen molar-refractivity contribution >= 4 is 33.4 Å². The summed E-state index contributed by atoms with van der Waals surface area (Å²) < 4.78 is 0.747. The van der Waals surface area contributed by atoms with Gasteiger partial charge in [0, 0.05) is 23.8 Å². The third kappa shape index (κ3) is 4.43. The summed E-state index contributed by atoms with van der Waals surface area (Å²) in [5.41, 5.74) is 0.410. The van der Waals surface area contributed by atoms with Gasteiger partial charge in [-0.1, -0.05) is 18.5 Å². The average molecular weight is 361 g/mol. The summed E-state index contributed by atoms with van der Waals surface area (Å²) >= 11 is 9.22. The number of rotatable bonds is 4. The van der Waals surface area contributed by atoms with Gasteiger partial charge in [0.25, 0.3) is 5.91 Å². The summed E-state index contributed by atoms with van der Waals surface area (Å²) in [6, 6.07) is 1.69. The lowest BCUT2D eigenvalue weighted by atomic mass is 9.99. The Kier molecular flexibility index (Phi) is 5.81. The minimum Gasteiger partial charge on any atom is -0.351 e. The zero-order chi connectivity index (χ0) is 14.5. The fourth-order valence-corrected chi connectivity index (χ4v) is 2.81. The Hall–Kier alpha value is -0.650. The van der Waals surface area contributed by atoms with Crippen LogP contribution in [0.4, 0.5) is 0 Å². The second-order valence-electron chi connectivity index (χ2n) is 5.27. The number of nitrogens with one attached hydrogen (secondary N) is 1. The van der Waals surface area contributed by atoms with Gasteiger partial charge in [0.2, 0.25) is 0 Å². The predicted molar refractivity (Wildman–Crippen MR) is 84.1 cm³/mol. The lowest BCUT2D eigenvalue weighted by Gasteiger charge is -2.30. The molecule has 0 bridgehead atoms. The monoisotopic (exact) mass is 359 g/mol. The van der Waals surface area contributed by atoms with Gasteiger partial charge in [-0.15, -0.1) is 0 Å². The highest BCUT2D eigenvalue weighted by Crippen LogP contribution is 2.18. The van der Waals surface area contributed by atoms with Gasteiger partial charge in [-0.3, -0.25) is 4.79 Å². The van der Waals surface area contributed by atoms with Crippen LogP contribution in [0.25, 0.3) is 0 Å². The number of hydrogen-bond donors (Lipinski definition) is 1. The van der Waals surface area contributed by atoms with Crippen LogP contribution in [-0.2, 0) is 0 Å². The third-order valence-corrected chi connectivity index (χ3v) is 4.38. The zero-order valence-electron chi connectivity index (χ0n) is 11.5. The van der Waals surface area contributed by atoms with Gasteiger partial charge in [0.05, 0.1) is 5.56 Å². The van der Waals surface area contributed by atoms with Crippen LogP contribution in [0.5, 0.6) is 0 Å². The first-order valence-electron chi connectivity index (χ1n) is 6.88. The lowest BCUT2D eigenvalue weighted by Crippen LogP contribution is -2.39. The van der Waals surface area contributed by atoms with Crippen molar-refractivity contribution in [3.63, 3.8) is 0 Å². The molecular weight excluding hydrogens is 342 g/mol. The third-order valence-electron chi connectivity index (χ3n) is 3.64. The normalized spacial score (nSPS) is 17.1. The van der Waals surface area contributed by atoms with E-state index in [9.17, 15) is 4.79 Å². The van der Waals surface area contributed by atoms with E-state index < -0.39 is 0 Å². The molecule has 110 valence electrons. The molecule has 0 saturated carbocycles. The zero-order valence-corrected chi connectivity index (χ0v) is 13.9. The second-order valence-corrected chi connectivity index (χ2v) is 6.55. The molecule has 1 aliphatic rings. The Morgan fingerprint density at radius 3 is 2.95 bits per heavy atom. The van der Waals surface area contributed by atoms with E-state index in [-0.39, 0.29) is 11.1 Å². The van der Waals surface area contributed by atoms with E-state index in [0.717, 1.165) is 30.0 Å². The number of amides is 1. The van der Waals surface area contributed by atoms with Crippen molar-refractivity contribution < 1.29 is 4.79 Å². The molecule has 0 unspecified atom stereocenters. The Morgan fingerprint density at radius 1 is 1.55 bits per heavy atom. The molecule has 2 rings (SSSR count). The molecule has 1 amide bonds. The van der Waals surface area contributed by atoms with Crippen molar-refractivity contribution in [1.82, 2.24) is 15.2 Å². The highest BCUT2D eigenvalue weighted by Gasteiger charge is 2.16. The maximum absolute atomic E-state index is 12.0. The fourth-order valence-electron chi connectivity index (χ4n) is 2.29. The first-order chi connectivity index (χ1) is 9.56. The van der Waals surface area contributed by atoms with E-state index >= 15 is 0 Å². The van der Waals surface area contributed by atoms with E-state index in [4.69, 9.17) is 11.6 Å². The molecule has 0 radical (unpaired) electrons. The summed E-state index contributed by atoms with van der Waals surface area (Å²) in [6.07, 6.45) is 4.07. The van der Waals surface area contributed by atoms with Crippen LogP contribution in [0.2, 0.25) is 5.15 Å². The Bertz CT molecular complexity index is 475. The van der Waals surface area contributed by atoms with Gasteiger partial charge in [-0.05, 0) is 53.8 Å². The molecule has 0 spiro atoms. The van der Waals surface area contributed by atoms with Crippen molar-refractivity contribution in [1.29, 1.82) is 0 Å². The maximum atomic E-state index is 12.0. The Balaban J connectivity index is 1.79. The SMILES string of the molecule is CC1CCN(CCNC(=O)c2cc(Br)cnc2Cl)CC1. The van der Waals surface area contributed by atoms with Crippen LogP contribution < -0.4 is 5.32 Å². The minimum absolute atomic E-state index is 0.172. The standard InChI is InChI=1S/C14H19BrClN3O/c1-10-2-5-19(6-3-10)7-4-17-14(20)12-8-11(15)9-18-13(12)16/h8-10H,2-7H2,1H3,(H,17,20). The van der Waals surface area contributed by atoms with Crippen molar-refractivity contribution in [3.8, 4) is 0 Å². The number of carbonyl (C=O) groups excluding carboxylic acids is 1. The van der Waals surface area contributed by atoms with Crippen LogP contribution in [0.15, 0.2) is 16.7 Å². The molecule has 1 N–H and O–H groups in total. The molecular formula is C14H19BrClN3O. The largest absolute Gasteiger partial charge is 0.351 e. The molecule has 0 aromatic carbocycles. The average Bonchev–Trinajstić information content (AvgIpc) is 2.43. The van der Waals surface area contributed by atoms with Crippen molar-refractivity contribution in [3.05, 3.63) is 27.5 Å². The van der Waals surface area contributed by atoms with Gasteiger partial charge >= 0.3 is 0 Å². The number of carbonyl (C=O) groups is 1. The first kappa shape index (κ1) is 15.7. The topological polar surface area (TPSA) is 45.2 Å². The van der Waals surface area contributed by atoms with E-state index in [1.165, 1.54) is 12.8 Å². The molecule has 2 heterocycles. The van der Waals surface area contributed by atoms with Crippen LogP contribution in [0.3, 0.4) is 0 Å². The number of pyridine rings is 1. The highest BCUT2D eigenvalue weighted by atomic mass is 79.9. The minimum atomic E-state index is -0.172.